The molecule has 2 atom stereocenters. The Balaban J connectivity index is 1.24. The summed E-state index contributed by atoms with van der Waals surface area (Å²) in [5.74, 6) is 1.82. The zero-order valence-corrected chi connectivity index (χ0v) is 21.7. The highest BCUT2D eigenvalue weighted by Gasteiger charge is 2.39. The van der Waals surface area contributed by atoms with Crippen molar-refractivity contribution in [1.82, 2.24) is 4.90 Å². The lowest BCUT2D eigenvalue weighted by Gasteiger charge is -2.42. The number of anilines is 1. The van der Waals surface area contributed by atoms with Crippen LogP contribution in [0.2, 0.25) is 0 Å². The maximum atomic E-state index is 12.6. The van der Waals surface area contributed by atoms with Crippen LogP contribution < -0.4 is 18.6 Å². The first-order valence-electron chi connectivity index (χ1n) is 12.2. The molecular formula is C28H32N2O5S. The molecule has 2 saturated heterocycles. The van der Waals surface area contributed by atoms with Crippen LogP contribution in [0.25, 0.3) is 0 Å². The predicted molar refractivity (Wildman–Crippen MR) is 140 cm³/mol. The number of methoxy groups -OCH3 is 2. The Labute approximate surface area is 213 Å². The van der Waals surface area contributed by atoms with Gasteiger partial charge in [0.1, 0.15) is 10.6 Å². The summed E-state index contributed by atoms with van der Waals surface area (Å²) < 4.78 is 41.4. The molecule has 5 rings (SSSR count). The van der Waals surface area contributed by atoms with E-state index < -0.39 is 10.1 Å². The lowest BCUT2D eigenvalue weighted by atomic mass is 10.1. The highest BCUT2D eigenvalue weighted by molar-refractivity contribution is 7.87. The van der Waals surface area contributed by atoms with Crippen molar-refractivity contribution in [3.63, 3.8) is 0 Å². The van der Waals surface area contributed by atoms with Crippen LogP contribution >= 0.6 is 0 Å². The second-order valence-corrected chi connectivity index (χ2v) is 11.0. The second-order valence-electron chi connectivity index (χ2n) is 9.50. The largest absolute Gasteiger partial charge is 0.493 e. The van der Waals surface area contributed by atoms with E-state index in [4.69, 9.17) is 13.7 Å². The highest BCUT2D eigenvalue weighted by Crippen LogP contribution is 2.36. The van der Waals surface area contributed by atoms with Crippen LogP contribution in [0, 0.1) is 6.92 Å². The maximum absolute atomic E-state index is 12.6. The standard InChI is InChI=1S/C28H32N2O5S/c1-20-4-13-26(14-5-20)36(31,32)35-25-11-9-22(10-12-25)29-18-23-7-8-24(19-29)30(23)17-21-6-15-27(33-2)28(16-21)34-3/h4-6,9-16,23-24H,7-8,17-19H2,1-3H3/t23-,24+. The molecule has 0 spiro atoms. The first-order valence-corrected chi connectivity index (χ1v) is 13.6. The molecule has 0 unspecified atom stereocenters. The van der Waals surface area contributed by atoms with Crippen LogP contribution in [0.1, 0.15) is 24.0 Å². The first kappa shape index (κ1) is 24.5. The summed E-state index contributed by atoms with van der Waals surface area (Å²) in [6.07, 6.45) is 2.34. The molecule has 0 aromatic heterocycles. The van der Waals surface area contributed by atoms with Gasteiger partial charge in [-0.2, -0.15) is 8.42 Å². The number of hydrogen-bond acceptors (Lipinski definition) is 7. The molecule has 36 heavy (non-hydrogen) atoms. The minimum absolute atomic E-state index is 0.152. The van der Waals surface area contributed by atoms with E-state index in [1.165, 1.54) is 18.4 Å². The van der Waals surface area contributed by atoms with Crippen LogP contribution in [-0.4, -0.2) is 52.7 Å². The molecule has 0 aliphatic carbocycles. The molecule has 7 nitrogen and oxygen atoms in total. The van der Waals surface area contributed by atoms with Crippen LogP contribution in [0.4, 0.5) is 5.69 Å². The van der Waals surface area contributed by atoms with Crippen molar-refractivity contribution in [1.29, 1.82) is 0 Å². The van der Waals surface area contributed by atoms with Gasteiger partial charge in [0, 0.05) is 37.4 Å². The van der Waals surface area contributed by atoms with Crippen molar-refractivity contribution in [2.24, 2.45) is 0 Å². The summed E-state index contributed by atoms with van der Waals surface area (Å²) in [5.41, 5.74) is 3.29. The molecule has 190 valence electrons. The summed E-state index contributed by atoms with van der Waals surface area (Å²) in [6.45, 7) is 4.67. The third kappa shape index (κ3) is 5.01. The number of aryl methyl sites for hydroxylation is 1. The minimum Gasteiger partial charge on any atom is -0.493 e. The van der Waals surface area contributed by atoms with Crippen molar-refractivity contribution >= 4 is 15.8 Å². The highest BCUT2D eigenvalue weighted by atomic mass is 32.2. The van der Waals surface area contributed by atoms with Gasteiger partial charge in [0.2, 0.25) is 0 Å². The topological polar surface area (TPSA) is 68.3 Å². The van der Waals surface area contributed by atoms with Crippen molar-refractivity contribution in [3.8, 4) is 17.2 Å². The van der Waals surface area contributed by atoms with Crippen molar-refractivity contribution in [2.45, 2.75) is 43.3 Å². The van der Waals surface area contributed by atoms with E-state index in [2.05, 4.69) is 21.9 Å². The van der Waals surface area contributed by atoms with Crippen LogP contribution in [-0.2, 0) is 16.7 Å². The number of piperazine rings is 1. The minimum atomic E-state index is -3.86. The van der Waals surface area contributed by atoms with Gasteiger partial charge in [0.05, 0.1) is 14.2 Å². The normalized spacial score (nSPS) is 19.8. The van der Waals surface area contributed by atoms with E-state index in [1.54, 1.807) is 50.6 Å². The number of benzene rings is 3. The molecule has 0 amide bonds. The molecule has 0 saturated carbocycles. The smallest absolute Gasteiger partial charge is 0.339 e. The molecule has 2 aliphatic heterocycles. The van der Waals surface area contributed by atoms with Crippen LogP contribution in [0.5, 0.6) is 17.2 Å². The van der Waals surface area contributed by atoms with Gasteiger partial charge in [-0.3, -0.25) is 4.90 Å². The molecule has 0 N–H and O–H groups in total. The third-order valence-corrected chi connectivity index (χ3v) is 8.43. The van der Waals surface area contributed by atoms with Crippen molar-refractivity contribution < 1.29 is 22.1 Å². The zero-order valence-electron chi connectivity index (χ0n) is 20.9. The van der Waals surface area contributed by atoms with Crippen molar-refractivity contribution in [3.05, 3.63) is 77.9 Å². The molecule has 2 bridgehead atoms. The Hall–Kier alpha value is -3.23. The van der Waals surface area contributed by atoms with Gasteiger partial charge in [0.15, 0.2) is 11.5 Å². The van der Waals surface area contributed by atoms with E-state index in [-0.39, 0.29) is 4.90 Å². The fourth-order valence-electron chi connectivity index (χ4n) is 5.24. The number of nitrogens with zero attached hydrogens (tertiary/aromatic N) is 2. The van der Waals surface area contributed by atoms with E-state index >= 15 is 0 Å². The first-order chi connectivity index (χ1) is 17.4. The Kier molecular flexibility index (Phi) is 6.81. The van der Waals surface area contributed by atoms with Gasteiger partial charge in [-0.05, 0) is 73.9 Å². The quantitative estimate of drug-likeness (QED) is 0.411. The Morgan fingerprint density at radius 2 is 1.47 bits per heavy atom. The number of rotatable bonds is 8. The Bertz CT molecular complexity index is 1290. The molecule has 2 fully saturated rings. The molecule has 8 heteroatoms. The summed E-state index contributed by atoms with van der Waals surface area (Å²) >= 11 is 0. The lowest BCUT2D eigenvalue weighted by Crippen LogP contribution is -2.53. The fraction of sp³-hybridized carbons (Fsp3) is 0.357. The predicted octanol–water partition coefficient (Wildman–Crippen LogP) is 4.63. The molecule has 3 aromatic carbocycles. The van der Waals surface area contributed by atoms with Crippen LogP contribution in [0.15, 0.2) is 71.6 Å². The molecule has 3 aromatic rings. The Morgan fingerprint density at radius 3 is 2.08 bits per heavy atom. The summed E-state index contributed by atoms with van der Waals surface area (Å²) in [4.78, 5) is 5.15. The van der Waals surface area contributed by atoms with E-state index in [0.717, 1.165) is 42.4 Å². The summed E-state index contributed by atoms with van der Waals surface area (Å²) in [6, 6.07) is 21.1. The average Bonchev–Trinajstić information content (AvgIpc) is 3.10. The van der Waals surface area contributed by atoms with E-state index in [0.29, 0.717) is 17.8 Å². The van der Waals surface area contributed by atoms with Gasteiger partial charge in [0.25, 0.3) is 0 Å². The van der Waals surface area contributed by atoms with Gasteiger partial charge >= 0.3 is 10.1 Å². The molecule has 2 heterocycles. The van der Waals surface area contributed by atoms with Gasteiger partial charge in [-0.15, -0.1) is 0 Å². The molecule has 2 aliphatic rings. The maximum Gasteiger partial charge on any atom is 0.339 e. The zero-order chi connectivity index (χ0) is 25.3. The lowest BCUT2D eigenvalue weighted by molar-refractivity contribution is 0.160. The SMILES string of the molecule is COc1ccc(CN2[C@@H]3CC[C@H]2CN(c2ccc(OS(=O)(=O)c4ccc(C)cc4)cc2)C3)cc1OC. The number of fused-ring (bicyclic) bond motifs is 2. The fourth-order valence-corrected chi connectivity index (χ4v) is 6.17. The Morgan fingerprint density at radius 1 is 0.833 bits per heavy atom. The molecular weight excluding hydrogens is 476 g/mol. The number of hydrogen-bond donors (Lipinski definition) is 0. The molecule has 0 radical (unpaired) electrons. The summed E-state index contributed by atoms with van der Waals surface area (Å²) in [5, 5.41) is 0. The monoisotopic (exact) mass is 508 g/mol. The van der Waals surface area contributed by atoms with E-state index in [1.807, 2.05) is 25.1 Å². The van der Waals surface area contributed by atoms with Gasteiger partial charge in [-0.25, -0.2) is 0 Å². The van der Waals surface area contributed by atoms with Crippen molar-refractivity contribution in [2.75, 3.05) is 32.2 Å². The summed E-state index contributed by atoms with van der Waals surface area (Å²) in [7, 11) is -0.543. The average molecular weight is 509 g/mol. The van der Waals surface area contributed by atoms with Gasteiger partial charge in [-0.1, -0.05) is 23.8 Å². The van der Waals surface area contributed by atoms with Gasteiger partial charge < -0.3 is 18.6 Å². The van der Waals surface area contributed by atoms with Crippen LogP contribution in [0.3, 0.4) is 0 Å². The van der Waals surface area contributed by atoms with E-state index in [9.17, 15) is 8.42 Å². The second kappa shape index (κ2) is 10.0. The third-order valence-electron chi connectivity index (χ3n) is 7.16. The number of ether oxygens (including phenoxy) is 2.